The van der Waals surface area contributed by atoms with Gasteiger partial charge >= 0.3 is 6.03 Å². The van der Waals surface area contributed by atoms with Gasteiger partial charge in [-0.1, -0.05) is 25.5 Å². The molecule has 0 fully saturated rings. The number of unbranched alkanes of at least 4 members (excludes halogenated alkanes) is 1. The molecule has 0 unspecified atom stereocenters. The second kappa shape index (κ2) is 7.88. The molecule has 0 atom stereocenters. The first-order valence-corrected chi connectivity index (χ1v) is 6.66. The van der Waals surface area contributed by atoms with Crippen LogP contribution in [0.25, 0.3) is 11.0 Å². The van der Waals surface area contributed by atoms with E-state index in [2.05, 4.69) is 23.0 Å². The summed E-state index contributed by atoms with van der Waals surface area (Å²) in [6.07, 6.45) is 0.487. The quantitative estimate of drug-likeness (QED) is 0.821. The molecule has 0 saturated carbocycles. The van der Waals surface area contributed by atoms with Gasteiger partial charge in [0, 0.05) is 6.54 Å². The number of fused-ring (bicyclic) bond motifs is 1. The zero-order valence-electron chi connectivity index (χ0n) is 12.1. The normalized spacial score (nSPS) is 9.81. The molecule has 0 bridgehead atoms. The topological polar surface area (TPSA) is 113 Å². The number of carboxylic acid groups (broad SMARTS) is 1. The molecule has 114 valence electrons. The third kappa shape index (κ3) is 4.79. The molecule has 21 heavy (non-hydrogen) atoms. The van der Waals surface area contributed by atoms with Crippen molar-refractivity contribution in [2.75, 3.05) is 6.54 Å². The Hall–Kier alpha value is -2.57. The predicted octanol–water partition coefficient (Wildman–Crippen LogP) is 0.991. The molecular weight excluding hydrogens is 272 g/mol. The van der Waals surface area contributed by atoms with Gasteiger partial charge in [-0.2, -0.15) is 0 Å². The Morgan fingerprint density at radius 2 is 2.00 bits per heavy atom. The second-order valence-electron chi connectivity index (χ2n) is 4.39. The molecule has 0 aliphatic rings. The highest BCUT2D eigenvalue weighted by molar-refractivity contribution is 5.89. The molecule has 3 N–H and O–H groups in total. The number of benzene rings is 1. The van der Waals surface area contributed by atoms with Gasteiger partial charge in [0.15, 0.2) is 0 Å². The van der Waals surface area contributed by atoms with Crippen molar-refractivity contribution in [1.82, 2.24) is 14.9 Å². The summed E-state index contributed by atoms with van der Waals surface area (Å²) in [6, 6.07) is 7.57. The Morgan fingerprint density at radius 1 is 1.38 bits per heavy atom. The van der Waals surface area contributed by atoms with Crippen LogP contribution in [0.3, 0.4) is 0 Å². The van der Waals surface area contributed by atoms with Crippen LogP contribution in [0.2, 0.25) is 0 Å². The third-order valence-electron chi connectivity index (χ3n) is 2.74. The van der Waals surface area contributed by atoms with Crippen LogP contribution in [0, 0.1) is 6.92 Å². The molecule has 0 saturated heterocycles. The number of aryl methyl sites for hydroxylation is 1. The van der Waals surface area contributed by atoms with Gasteiger partial charge in [0.25, 0.3) is 0 Å². The Kier molecular flexibility index (Phi) is 6.19. The van der Waals surface area contributed by atoms with Gasteiger partial charge < -0.3 is 21.0 Å². The summed E-state index contributed by atoms with van der Waals surface area (Å²) in [5, 5.41) is 11.6. The van der Waals surface area contributed by atoms with Gasteiger partial charge in [0.05, 0.1) is 11.0 Å². The highest BCUT2D eigenvalue weighted by Gasteiger charge is 2.12. The number of para-hydroxylation sites is 2. The summed E-state index contributed by atoms with van der Waals surface area (Å²) in [7, 11) is 0. The lowest BCUT2D eigenvalue weighted by Gasteiger charge is -2.07. The Bertz CT molecular complexity index is 618. The maximum atomic E-state index is 12.0. The Balaban J connectivity index is 0.000000491. The predicted molar refractivity (Wildman–Crippen MR) is 77.8 cm³/mol. The van der Waals surface area contributed by atoms with E-state index in [4.69, 9.17) is 9.90 Å². The van der Waals surface area contributed by atoms with Crippen molar-refractivity contribution in [2.24, 2.45) is 5.73 Å². The summed E-state index contributed by atoms with van der Waals surface area (Å²) >= 11 is 0. The monoisotopic (exact) mass is 291 g/mol. The number of imidazole rings is 1. The third-order valence-corrected chi connectivity index (χ3v) is 2.74. The molecule has 7 heteroatoms. The first kappa shape index (κ1) is 16.5. The van der Waals surface area contributed by atoms with Crippen molar-refractivity contribution in [1.29, 1.82) is 0 Å². The minimum atomic E-state index is -1.58. The molecule has 2 rings (SSSR count). The summed E-state index contributed by atoms with van der Waals surface area (Å²) in [6.45, 7) is 4.66. The molecular formula is C14H19N4O3-. The number of carbonyl (C=O) groups excluding carboxylic acids is 2. The van der Waals surface area contributed by atoms with E-state index >= 15 is 0 Å². The van der Waals surface area contributed by atoms with Crippen LogP contribution in [0.5, 0.6) is 0 Å². The van der Waals surface area contributed by atoms with E-state index in [1.54, 1.807) is 4.57 Å². The smallest absolute Gasteiger partial charge is 0.327 e. The number of nitrogens with two attached hydrogens (primary N) is 1. The molecule has 1 heterocycles. The summed E-state index contributed by atoms with van der Waals surface area (Å²) in [5.74, 6) is 0.722. The summed E-state index contributed by atoms with van der Waals surface area (Å²) < 4.78 is 1.63. The number of primary amides is 1. The number of hydrogen-bond acceptors (Lipinski definition) is 4. The fourth-order valence-electron chi connectivity index (χ4n) is 1.85. The number of rotatable bonds is 3. The van der Waals surface area contributed by atoms with Crippen molar-refractivity contribution in [3.63, 3.8) is 0 Å². The maximum absolute atomic E-state index is 12.0. The molecule has 2 aromatic rings. The number of aromatic nitrogens is 2. The van der Waals surface area contributed by atoms with Crippen LogP contribution in [0.4, 0.5) is 9.59 Å². The first-order chi connectivity index (χ1) is 9.97. The van der Waals surface area contributed by atoms with E-state index < -0.39 is 6.09 Å². The lowest BCUT2D eigenvalue weighted by molar-refractivity contribution is -0.245. The van der Waals surface area contributed by atoms with Crippen LogP contribution in [-0.2, 0) is 0 Å². The van der Waals surface area contributed by atoms with Crippen molar-refractivity contribution in [3.8, 4) is 0 Å². The van der Waals surface area contributed by atoms with Crippen molar-refractivity contribution in [2.45, 2.75) is 26.7 Å². The van der Waals surface area contributed by atoms with Crippen LogP contribution in [0.15, 0.2) is 24.3 Å². The summed E-state index contributed by atoms with van der Waals surface area (Å²) in [5.41, 5.74) is 5.63. The van der Waals surface area contributed by atoms with Crippen molar-refractivity contribution >= 4 is 23.2 Å². The Morgan fingerprint density at radius 3 is 2.62 bits per heavy atom. The van der Waals surface area contributed by atoms with Crippen LogP contribution < -0.4 is 16.2 Å². The minimum absolute atomic E-state index is 0.0929. The fourth-order valence-corrected chi connectivity index (χ4v) is 1.85. The number of hydrogen-bond donors (Lipinski definition) is 2. The zero-order chi connectivity index (χ0) is 15.8. The highest BCUT2D eigenvalue weighted by atomic mass is 16.4. The molecule has 0 spiro atoms. The fraction of sp³-hybridized carbons (Fsp3) is 0.357. The maximum Gasteiger partial charge on any atom is 0.327 e. The molecule has 0 aliphatic heterocycles. The van der Waals surface area contributed by atoms with Gasteiger partial charge in [-0.15, -0.1) is 0 Å². The molecule has 1 aromatic heterocycles. The second-order valence-corrected chi connectivity index (χ2v) is 4.39. The largest absolute Gasteiger partial charge is 0.530 e. The molecule has 7 nitrogen and oxygen atoms in total. The van der Waals surface area contributed by atoms with Crippen LogP contribution in [0.1, 0.15) is 25.6 Å². The van der Waals surface area contributed by atoms with E-state index in [0.717, 1.165) is 29.7 Å². The average molecular weight is 291 g/mol. The molecule has 0 aliphatic carbocycles. The van der Waals surface area contributed by atoms with E-state index in [-0.39, 0.29) is 6.03 Å². The molecule has 0 radical (unpaired) electrons. The van der Waals surface area contributed by atoms with Gasteiger partial charge in [-0.25, -0.2) is 14.3 Å². The minimum Gasteiger partial charge on any atom is -0.530 e. The van der Waals surface area contributed by atoms with Gasteiger partial charge in [0.1, 0.15) is 11.9 Å². The number of carbonyl (C=O) groups is 2. The number of nitrogens with one attached hydrogen (secondary N) is 1. The first-order valence-electron chi connectivity index (χ1n) is 6.66. The van der Waals surface area contributed by atoms with Crippen LogP contribution in [-0.4, -0.2) is 28.2 Å². The zero-order valence-corrected chi connectivity index (χ0v) is 12.1. The SMILES string of the molecule is CCCCNC(=O)n1c(C)nc2ccccc21.NC(=O)[O-]. The average Bonchev–Trinajstić information content (AvgIpc) is 2.74. The van der Waals surface area contributed by atoms with Crippen molar-refractivity contribution in [3.05, 3.63) is 30.1 Å². The summed E-state index contributed by atoms with van der Waals surface area (Å²) in [4.78, 5) is 25.1. The number of amides is 2. The van der Waals surface area contributed by atoms with E-state index in [1.165, 1.54) is 0 Å². The lowest BCUT2D eigenvalue weighted by Crippen LogP contribution is -2.29. The van der Waals surface area contributed by atoms with E-state index in [9.17, 15) is 4.79 Å². The van der Waals surface area contributed by atoms with Gasteiger partial charge in [0.2, 0.25) is 0 Å². The molecule has 2 amide bonds. The van der Waals surface area contributed by atoms with Gasteiger partial charge in [-0.3, -0.25) is 0 Å². The number of nitrogens with zero attached hydrogens (tertiary/aromatic N) is 2. The van der Waals surface area contributed by atoms with E-state index in [0.29, 0.717) is 6.54 Å². The lowest BCUT2D eigenvalue weighted by atomic mass is 10.3. The van der Waals surface area contributed by atoms with E-state index in [1.807, 2.05) is 31.2 Å². The highest BCUT2D eigenvalue weighted by Crippen LogP contribution is 2.14. The Labute approximate surface area is 122 Å². The van der Waals surface area contributed by atoms with Crippen LogP contribution >= 0.6 is 0 Å². The van der Waals surface area contributed by atoms with Gasteiger partial charge in [-0.05, 0) is 25.5 Å². The van der Waals surface area contributed by atoms with Crippen molar-refractivity contribution < 1.29 is 14.7 Å². The standard InChI is InChI=1S/C13H17N3O.CH3NO2/c1-3-4-9-14-13(17)16-10(2)15-11-7-5-6-8-12(11)16;2-1(3)4/h5-8H,3-4,9H2,1-2H3,(H,14,17);2H2,(H,3,4)/p-1. The molecule has 1 aromatic carbocycles.